The van der Waals surface area contributed by atoms with Crippen molar-refractivity contribution in [3.8, 4) is 0 Å². The van der Waals surface area contributed by atoms with Crippen molar-refractivity contribution < 1.29 is 9.18 Å². The van der Waals surface area contributed by atoms with E-state index in [0.29, 0.717) is 31.2 Å². The molecule has 4 heteroatoms. The fourth-order valence-corrected chi connectivity index (χ4v) is 1.95. The van der Waals surface area contributed by atoms with E-state index in [1.165, 1.54) is 25.0 Å². The van der Waals surface area contributed by atoms with E-state index in [0.717, 1.165) is 0 Å². The van der Waals surface area contributed by atoms with E-state index < -0.39 is 0 Å². The van der Waals surface area contributed by atoms with Gasteiger partial charge in [0.2, 0.25) is 5.91 Å². The van der Waals surface area contributed by atoms with Crippen molar-refractivity contribution in [2.45, 2.75) is 32.2 Å². The first-order chi connectivity index (χ1) is 8.70. The molecule has 0 bridgehead atoms. The highest BCUT2D eigenvalue weighted by atomic mass is 19.1. The SMILES string of the molecule is CCN(C(=O)CCNC1CC1)c1cccc(F)c1. The molecule has 1 N–H and O–H groups in total. The van der Waals surface area contributed by atoms with Gasteiger partial charge in [-0.05, 0) is 38.0 Å². The van der Waals surface area contributed by atoms with Gasteiger partial charge in [0.15, 0.2) is 0 Å². The summed E-state index contributed by atoms with van der Waals surface area (Å²) in [5, 5.41) is 3.31. The first-order valence-corrected chi connectivity index (χ1v) is 6.50. The minimum atomic E-state index is -0.310. The number of nitrogens with one attached hydrogen (secondary N) is 1. The Kier molecular flexibility index (Phi) is 4.31. The molecule has 0 unspecified atom stereocenters. The summed E-state index contributed by atoms with van der Waals surface area (Å²) in [4.78, 5) is 13.7. The second-order valence-corrected chi connectivity index (χ2v) is 4.60. The number of carbonyl (C=O) groups is 1. The van der Waals surface area contributed by atoms with Crippen molar-refractivity contribution in [2.75, 3.05) is 18.0 Å². The number of hydrogen-bond donors (Lipinski definition) is 1. The van der Waals surface area contributed by atoms with Crippen LogP contribution < -0.4 is 10.2 Å². The van der Waals surface area contributed by atoms with Crippen LogP contribution in [0.3, 0.4) is 0 Å². The Balaban J connectivity index is 1.91. The summed E-state index contributed by atoms with van der Waals surface area (Å²) in [6.07, 6.45) is 2.89. The van der Waals surface area contributed by atoms with Gasteiger partial charge in [0, 0.05) is 31.2 Å². The summed E-state index contributed by atoms with van der Waals surface area (Å²) < 4.78 is 13.1. The molecule has 0 heterocycles. The number of anilines is 1. The quantitative estimate of drug-likeness (QED) is 0.840. The molecule has 2 rings (SSSR count). The van der Waals surface area contributed by atoms with E-state index in [2.05, 4.69) is 5.32 Å². The van der Waals surface area contributed by atoms with Gasteiger partial charge in [-0.2, -0.15) is 0 Å². The predicted molar refractivity (Wildman–Crippen MR) is 70.1 cm³/mol. The van der Waals surface area contributed by atoms with Crippen LogP contribution >= 0.6 is 0 Å². The third kappa shape index (κ3) is 3.53. The fraction of sp³-hybridized carbons (Fsp3) is 0.500. The summed E-state index contributed by atoms with van der Waals surface area (Å²) in [5.41, 5.74) is 0.633. The van der Waals surface area contributed by atoms with E-state index in [4.69, 9.17) is 0 Å². The number of carbonyl (C=O) groups excluding carboxylic acids is 1. The number of benzene rings is 1. The van der Waals surface area contributed by atoms with Crippen LogP contribution in [0.15, 0.2) is 24.3 Å². The highest BCUT2D eigenvalue weighted by Gasteiger charge is 2.21. The summed E-state index contributed by atoms with van der Waals surface area (Å²) in [7, 11) is 0. The van der Waals surface area contributed by atoms with Gasteiger partial charge in [0.1, 0.15) is 5.82 Å². The second-order valence-electron chi connectivity index (χ2n) is 4.60. The third-order valence-corrected chi connectivity index (χ3v) is 3.09. The standard InChI is InChI=1S/C14H19FN2O/c1-2-17(13-5-3-4-11(15)10-13)14(18)8-9-16-12-6-7-12/h3-5,10,12,16H,2,6-9H2,1H3. The van der Waals surface area contributed by atoms with E-state index in [1.807, 2.05) is 6.92 Å². The minimum Gasteiger partial charge on any atom is -0.313 e. The number of rotatable bonds is 6. The summed E-state index contributed by atoms with van der Waals surface area (Å²) >= 11 is 0. The van der Waals surface area contributed by atoms with Crippen LogP contribution in [0.2, 0.25) is 0 Å². The van der Waals surface area contributed by atoms with Crippen LogP contribution in [0.1, 0.15) is 26.2 Å². The first-order valence-electron chi connectivity index (χ1n) is 6.50. The van der Waals surface area contributed by atoms with Crippen molar-refractivity contribution in [3.63, 3.8) is 0 Å². The van der Waals surface area contributed by atoms with Gasteiger partial charge in [-0.15, -0.1) is 0 Å². The highest BCUT2D eigenvalue weighted by molar-refractivity contribution is 5.93. The molecule has 0 atom stereocenters. The van der Waals surface area contributed by atoms with Crippen molar-refractivity contribution in [3.05, 3.63) is 30.1 Å². The number of nitrogens with zero attached hydrogens (tertiary/aromatic N) is 1. The second kappa shape index (κ2) is 5.96. The molecule has 0 spiro atoms. The topological polar surface area (TPSA) is 32.3 Å². The Morgan fingerprint density at radius 3 is 2.89 bits per heavy atom. The van der Waals surface area contributed by atoms with Crippen LogP contribution in [-0.4, -0.2) is 25.0 Å². The van der Waals surface area contributed by atoms with E-state index in [1.54, 1.807) is 17.0 Å². The number of halogens is 1. The largest absolute Gasteiger partial charge is 0.313 e. The molecule has 3 nitrogen and oxygen atoms in total. The summed E-state index contributed by atoms with van der Waals surface area (Å²) in [5.74, 6) is -0.272. The molecule has 0 aliphatic heterocycles. The molecule has 0 aromatic heterocycles. The average Bonchev–Trinajstić information content (AvgIpc) is 3.14. The zero-order chi connectivity index (χ0) is 13.0. The van der Waals surface area contributed by atoms with Crippen LogP contribution in [0, 0.1) is 5.82 Å². The van der Waals surface area contributed by atoms with Gasteiger partial charge in [-0.1, -0.05) is 6.07 Å². The molecule has 1 saturated carbocycles. The molecule has 1 amide bonds. The lowest BCUT2D eigenvalue weighted by molar-refractivity contribution is -0.118. The number of hydrogen-bond acceptors (Lipinski definition) is 2. The molecule has 18 heavy (non-hydrogen) atoms. The predicted octanol–water partition coefficient (Wildman–Crippen LogP) is 2.32. The average molecular weight is 250 g/mol. The highest BCUT2D eigenvalue weighted by Crippen LogP contribution is 2.19. The molecule has 1 aliphatic rings. The molecule has 1 aromatic carbocycles. The zero-order valence-corrected chi connectivity index (χ0v) is 10.7. The van der Waals surface area contributed by atoms with Gasteiger partial charge in [-0.25, -0.2) is 4.39 Å². The van der Waals surface area contributed by atoms with Gasteiger partial charge in [0.25, 0.3) is 0 Å². The van der Waals surface area contributed by atoms with Gasteiger partial charge in [-0.3, -0.25) is 4.79 Å². The van der Waals surface area contributed by atoms with Crippen molar-refractivity contribution in [1.29, 1.82) is 0 Å². The van der Waals surface area contributed by atoms with Crippen molar-refractivity contribution >= 4 is 11.6 Å². The first kappa shape index (κ1) is 13.0. The van der Waals surface area contributed by atoms with E-state index in [-0.39, 0.29) is 11.7 Å². The van der Waals surface area contributed by atoms with E-state index in [9.17, 15) is 9.18 Å². The maximum atomic E-state index is 13.1. The lowest BCUT2D eigenvalue weighted by Gasteiger charge is -2.21. The Morgan fingerprint density at radius 2 is 2.28 bits per heavy atom. The fourth-order valence-electron chi connectivity index (χ4n) is 1.95. The molecular formula is C14H19FN2O. The Morgan fingerprint density at radius 1 is 1.50 bits per heavy atom. The van der Waals surface area contributed by atoms with Gasteiger partial charge in [0.05, 0.1) is 0 Å². The Bertz CT molecular complexity index is 418. The Labute approximate surface area is 107 Å². The maximum Gasteiger partial charge on any atom is 0.228 e. The minimum absolute atomic E-state index is 0.0382. The molecule has 0 radical (unpaired) electrons. The van der Waals surface area contributed by atoms with Crippen LogP contribution in [0.5, 0.6) is 0 Å². The summed E-state index contributed by atoms with van der Waals surface area (Å²) in [6, 6.07) is 6.79. The lowest BCUT2D eigenvalue weighted by Crippen LogP contribution is -2.33. The monoisotopic (exact) mass is 250 g/mol. The molecule has 98 valence electrons. The molecular weight excluding hydrogens is 231 g/mol. The molecule has 1 aromatic rings. The van der Waals surface area contributed by atoms with Crippen LogP contribution in [0.4, 0.5) is 10.1 Å². The molecule has 1 aliphatic carbocycles. The van der Waals surface area contributed by atoms with Crippen LogP contribution in [-0.2, 0) is 4.79 Å². The Hall–Kier alpha value is -1.42. The van der Waals surface area contributed by atoms with E-state index >= 15 is 0 Å². The lowest BCUT2D eigenvalue weighted by atomic mass is 10.2. The third-order valence-electron chi connectivity index (χ3n) is 3.09. The smallest absolute Gasteiger partial charge is 0.228 e. The molecule has 1 fully saturated rings. The van der Waals surface area contributed by atoms with Crippen LogP contribution in [0.25, 0.3) is 0 Å². The summed E-state index contributed by atoms with van der Waals surface area (Å²) in [6.45, 7) is 3.16. The van der Waals surface area contributed by atoms with Crippen molar-refractivity contribution in [1.82, 2.24) is 5.32 Å². The van der Waals surface area contributed by atoms with Gasteiger partial charge < -0.3 is 10.2 Å². The normalized spacial score (nSPS) is 14.6. The zero-order valence-electron chi connectivity index (χ0n) is 10.7. The molecule has 0 saturated heterocycles. The van der Waals surface area contributed by atoms with Gasteiger partial charge >= 0.3 is 0 Å². The van der Waals surface area contributed by atoms with Crippen molar-refractivity contribution in [2.24, 2.45) is 0 Å². The number of amides is 1. The maximum absolute atomic E-state index is 13.1.